The molecular weight excluding hydrogens is 362 g/mol. The summed E-state index contributed by atoms with van der Waals surface area (Å²) in [5.74, 6) is 0.255. The first-order chi connectivity index (χ1) is 14.0. The number of benzene rings is 1. The van der Waals surface area contributed by atoms with Gasteiger partial charge in [-0.25, -0.2) is 4.79 Å². The molecule has 1 aliphatic carbocycles. The number of rotatable bonds is 11. The number of carbonyl (C=O) groups is 1. The molecule has 1 unspecified atom stereocenters. The van der Waals surface area contributed by atoms with E-state index >= 15 is 0 Å². The second kappa shape index (κ2) is 18.4. The molecule has 29 heavy (non-hydrogen) atoms. The molecule has 2 rings (SSSR count). The summed E-state index contributed by atoms with van der Waals surface area (Å²) >= 11 is 0. The van der Waals surface area contributed by atoms with Crippen molar-refractivity contribution >= 4 is 11.7 Å². The van der Waals surface area contributed by atoms with Gasteiger partial charge in [0.1, 0.15) is 0 Å². The van der Waals surface area contributed by atoms with Crippen LogP contribution in [0.1, 0.15) is 76.1 Å². The maximum absolute atomic E-state index is 12.1. The summed E-state index contributed by atoms with van der Waals surface area (Å²) in [5.41, 5.74) is 1.70. The van der Waals surface area contributed by atoms with E-state index in [0.717, 1.165) is 31.7 Å². The van der Waals surface area contributed by atoms with Crippen LogP contribution in [0.4, 0.5) is 5.69 Å². The average molecular weight is 408 g/mol. The molecule has 0 aliphatic heterocycles. The Morgan fingerprint density at radius 1 is 1.10 bits per heavy atom. The number of nitrogens with one attached hydrogen (secondary N) is 2. The zero-order chi connectivity index (χ0) is 21.9. The zero-order valence-corrected chi connectivity index (χ0v) is 19.7. The molecule has 5 nitrogen and oxygen atoms in total. The second-order valence-corrected chi connectivity index (χ2v) is 7.58. The highest BCUT2D eigenvalue weighted by Gasteiger charge is 2.12. The van der Waals surface area contributed by atoms with E-state index in [0.29, 0.717) is 18.1 Å². The minimum absolute atomic E-state index is 0.221. The van der Waals surface area contributed by atoms with Crippen LogP contribution in [0.5, 0.6) is 0 Å². The lowest BCUT2D eigenvalue weighted by Crippen LogP contribution is -2.30. The lowest BCUT2D eigenvalue weighted by molar-refractivity contribution is 0.0428. The number of nitrogens with zero attached hydrogens (tertiary/aromatic N) is 1. The van der Waals surface area contributed by atoms with Crippen LogP contribution in [-0.2, 0) is 4.74 Å². The first kappa shape index (κ1) is 27.4. The van der Waals surface area contributed by atoms with Crippen molar-refractivity contribution in [2.45, 2.75) is 65.7 Å². The predicted molar refractivity (Wildman–Crippen MR) is 126 cm³/mol. The molecule has 1 fully saturated rings. The Morgan fingerprint density at radius 2 is 1.69 bits per heavy atom. The Hall–Kier alpha value is -1.59. The second-order valence-electron chi connectivity index (χ2n) is 7.58. The number of ether oxygens (including phenoxy) is 1. The molecule has 1 aromatic rings. The van der Waals surface area contributed by atoms with E-state index in [9.17, 15) is 4.79 Å². The van der Waals surface area contributed by atoms with Crippen LogP contribution in [0.2, 0.25) is 0 Å². The van der Waals surface area contributed by atoms with Crippen LogP contribution in [-0.4, -0.2) is 46.9 Å². The highest BCUT2D eigenvalue weighted by molar-refractivity contribution is 5.89. The van der Waals surface area contributed by atoms with Crippen LogP contribution in [0, 0.1) is 5.92 Å². The van der Waals surface area contributed by atoms with Crippen LogP contribution in [0.3, 0.4) is 0 Å². The van der Waals surface area contributed by atoms with E-state index in [1.807, 2.05) is 45.4 Å². The van der Waals surface area contributed by atoms with Crippen molar-refractivity contribution in [1.82, 2.24) is 10.6 Å². The van der Waals surface area contributed by atoms with Gasteiger partial charge in [0.2, 0.25) is 0 Å². The number of hydrogen-bond acceptors (Lipinski definition) is 5. The van der Waals surface area contributed by atoms with Gasteiger partial charge >= 0.3 is 5.97 Å². The molecule has 0 spiro atoms. The Labute approximate surface area is 179 Å². The summed E-state index contributed by atoms with van der Waals surface area (Å²) in [4.78, 5) is 14.3. The van der Waals surface area contributed by atoms with Crippen molar-refractivity contribution in [2.24, 2.45) is 5.92 Å². The standard InChI is InChI=1S/C19H32N2O2.C3H6.C2H7N/c1-5-8-9-16(6-2)14-23-19(22)17-10-12-18(13-11-17)21(4)15-20-7-3;1-2-3-1;1-3-2/h10-13,16,20H,5-9,14-15H2,1-4H3;1-3H2;3H,1-2H3. The topological polar surface area (TPSA) is 53.6 Å². The third-order valence-electron chi connectivity index (χ3n) is 4.49. The van der Waals surface area contributed by atoms with Gasteiger partial charge in [-0.3, -0.25) is 0 Å². The SMILES string of the molecule is C1CC1.CCCCC(CC)COC(=O)c1ccc(N(C)CNCC)cc1.CNC. The summed E-state index contributed by atoms with van der Waals surface area (Å²) in [6, 6.07) is 7.60. The van der Waals surface area contributed by atoms with Crippen LogP contribution >= 0.6 is 0 Å². The van der Waals surface area contributed by atoms with Crippen molar-refractivity contribution in [3.63, 3.8) is 0 Å². The summed E-state index contributed by atoms with van der Waals surface area (Å²) in [7, 11) is 5.77. The van der Waals surface area contributed by atoms with E-state index in [1.54, 1.807) is 0 Å². The first-order valence-electron chi connectivity index (χ1n) is 11.3. The minimum Gasteiger partial charge on any atom is -0.462 e. The average Bonchev–Trinajstić information content (AvgIpc) is 3.62. The van der Waals surface area contributed by atoms with E-state index < -0.39 is 0 Å². The number of hydrogen-bond donors (Lipinski definition) is 2. The van der Waals surface area contributed by atoms with Crippen molar-refractivity contribution in [2.75, 3.05) is 45.9 Å². The van der Waals surface area contributed by atoms with Crippen molar-refractivity contribution in [1.29, 1.82) is 0 Å². The molecule has 0 heterocycles. The highest BCUT2D eigenvalue weighted by atomic mass is 16.5. The fraction of sp³-hybridized carbons (Fsp3) is 0.708. The summed E-state index contributed by atoms with van der Waals surface area (Å²) in [5, 5.41) is 6.02. The predicted octanol–water partition coefficient (Wildman–Crippen LogP) is 5.07. The Bertz CT molecular complexity index is 501. The molecule has 1 atom stereocenters. The number of unbranched alkanes of at least 4 members (excludes halogenated alkanes) is 1. The van der Waals surface area contributed by atoms with Gasteiger partial charge in [0.25, 0.3) is 0 Å². The van der Waals surface area contributed by atoms with Crippen LogP contribution in [0.25, 0.3) is 0 Å². The van der Waals surface area contributed by atoms with Gasteiger partial charge in [-0.15, -0.1) is 0 Å². The van der Waals surface area contributed by atoms with Crippen molar-refractivity contribution < 1.29 is 9.53 Å². The molecule has 0 bridgehead atoms. The monoisotopic (exact) mass is 407 g/mol. The molecule has 0 aromatic heterocycles. The maximum Gasteiger partial charge on any atom is 0.338 e. The third kappa shape index (κ3) is 15.0. The number of anilines is 1. The van der Waals surface area contributed by atoms with Gasteiger partial charge in [-0.1, -0.05) is 59.3 Å². The molecule has 5 heteroatoms. The zero-order valence-electron chi connectivity index (χ0n) is 19.7. The van der Waals surface area contributed by atoms with E-state index in [4.69, 9.17) is 4.74 Å². The molecule has 2 N–H and O–H groups in total. The quantitative estimate of drug-likeness (QED) is 0.396. The number of esters is 1. The molecule has 1 aromatic carbocycles. The molecule has 0 saturated heterocycles. The van der Waals surface area contributed by atoms with Gasteiger partial charge in [-0.05, 0) is 57.2 Å². The normalized spacial score (nSPS) is 12.6. The Balaban J connectivity index is 0.00000113. The smallest absolute Gasteiger partial charge is 0.338 e. The Morgan fingerprint density at radius 3 is 2.14 bits per heavy atom. The maximum atomic E-state index is 12.1. The van der Waals surface area contributed by atoms with Crippen molar-refractivity contribution in [3.05, 3.63) is 29.8 Å². The van der Waals surface area contributed by atoms with Crippen molar-refractivity contribution in [3.8, 4) is 0 Å². The molecule has 0 amide bonds. The molecule has 1 saturated carbocycles. The van der Waals surface area contributed by atoms with E-state index in [-0.39, 0.29) is 5.97 Å². The largest absolute Gasteiger partial charge is 0.462 e. The third-order valence-corrected chi connectivity index (χ3v) is 4.49. The Kier molecular flexibility index (Phi) is 17.4. The summed E-state index contributed by atoms with van der Waals surface area (Å²) in [6.45, 7) is 8.67. The van der Waals surface area contributed by atoms with E-state index in [1.165, 1.54) is 32.1 Å². The van der Waals surface area contributed by atoms with Gasteiger partial charge in [0.05, 0.1) is 18.8 Å². The van der Waals surface area contributed by atoms with Gasteiger partial charge in [-0.2, -0.15) is 0 Å². The lowest BCUT2D eigenvalue weighted by Gasteiger charge is -2.19. The highest BCUT2D eigenvalue weighted by Crippen LogP contribution is 2.16. The molecular formula is C24H45N3O2. The fourth-order valence-electron chi connectivity index (χ4n) is 2.40. The first-order valence-corrected chi connectivity index (χ1v) is 11.3. The van der Waals surface area contributed by atoms with Gasteiger partial charge in [0.15, 0.2) is 0 Å². The van der Waals surface area contributed by atoms with Crippen LogP contribution < -0.4 is 15.5 Å². The summed E-state index contributed by atoms with van der Waals surface area (Å²) < 4.78 is 5.48. The van der Waals surface area contributed by atoms with Gasteiger partial charge in [0, 0.05) is 12.7 Å². The molecule has 1 aliphatic rings. The molecule has 168 valence electrons. The minimum atomic E-state index is -0.221. The fourth-order valence-corrected chi connectivity index (χ4v) is 2.40. The number of carbonyl (C=O) groups excluding carboxylic acids is 1. The molecule has 0 radical (unpaired) electrons. The van der Waals surface area contributed by atoms with Gasteiger partial charge < -0.3 is 20.3 Å². The van der Waals surface area contributed by atoms with E-state index in [2.05, 4.69) is 36.3 Å². The summed E-state index contributed by atoms with van der Waals surface area (Å²) in [6.07, 6.45) is 9.07. The van der Waals surface area contributed by atoms with Crippen LogP contribution in [0.15, 0.2) is 24.3 Å². The lowest BCUT2D eigenvalue weighted by atomic mass is 10.0.